The fourth-order valence-electron chi connectivity index (χ4n) is 2.60. The van der Waals surface area contributed by atoms with Gasteiger partial charge in [0.15, 0.2) is 0 Å². The Kier molecular flexibility index (Phi) is 5.16. The Hall–Kier alpha value is -0.220. The van der Waals surface area contributed by atoms with Gasteiger partial charge in [0.05, 0.1) is 6.04 Å². The van der Waals surface area contributed by atoms with Crippen LogP contribution in [0.5, 0.6) is 0 Å². The zero-order valence-corrected chi connectivity index (χ0v) is 11.5. The summed E-state index contributed by atoms with van der Waals surface area (Å²) in [6, 6.07) is 0.393. The van der Waals surface area contributed by atoms with E-state index in [-0.39, 0.29) is 11.9 Å². The second-order valence-electron chi connectivity index (χ2n) is 5.25. The molecule has 98 valence electrons. The summed E-state index contributed by atoms with van der Waals surface area (Å²) >= 11 is 2.03. The van der Waals surface area contributed by atoms with E-state index in [1.807, 2.05) is 18.7 Å². The SMILES string of the molecule is CC(NCC1CCCS1)C(=O)NC1CCCC1. The molecule has 4 heteroatoms. The van der Waals surface area contributed by atoms with Crippen LogP contribution in [0, 0.1) is 0 Å². The Bertz CT molecular complexity index is 248. The highest BCUT2D eigenvalue weighted by Gasteiger charge is 2.22. The van der Waals surface area contributed by atoms with Crippen molar-refractivity contribution in [1.82, 2.24) is 10.6 Å². The highest BCUT2D eigenvalue weighted by atomic mass is 32.2. The molecule has 2 rings (SSSR count). The van der Waals surface area contributed by atoms with E-state index in [1.54, 1.807) is 0 Å². The Balaban J connectivity index is 1.63. The van der Waals surface area contributed by atoms with E-state index < -0.39 is 0 Å². The van der Waals surface area contributed by atoms with Gasteiger partial charge in [-0.05, 0) is 38.4 Å². The summed E-state index contributed by atoms with van der Waals surface area (Å²) in [7, 11) is 0. The zero-order valence-electron chi connectivity index (χ0n) is 10.7. The van der Waals surface area contributed by atoms with Crippen LogP contribution in [0.2, 0.25) is 0 Å². The smallest absolute Gasteiger partial charge is 0.237 e. The Labute approximate surface area is 108 Å². The van der Waals surface area contributed by atoms with Gasteiger partial charge in [-0.25, -0.2) is 0 Å². The lowest BCUT2D eigenvalue weighted by molar-refractivity contribution is -0.123. The van der Waals surface area contributed by atoms with Gasteiger partial charge in [-0.2, -0.15) is 11.8 Å². The maximum absolute atomic E-state index is 11.9. The molecule has 1 saturated heterocycles. The molecule has 0 spiro atoms. The predicted molar refractivity (Wildman–Crippen MR) is 73.3 cm³/mol. The molecule has 1 amide bonds. The quantitative estimate of drug-likeness (QED) is 0.789. The van der Waals surface area contributed by atoms with E-state index in [1.165, 1.54) is 31.4 Å². The minimum absolute atomic E-state index is 0.0446. The van der Waals surface area contributed by atoms with Gasteiger partial charge >= 0.3 is 0 Å². The predicted octanol–water partition coefficient (Wildman–Crippen LogP) is 1.92. The second-order valence-corrected chi connectivity index (χ2v) is 6.66. The molecule has 0 aromatic heterocycles. The first-order chi connectivity index (χ1) is 8.25. The van der Waals surface area contributed by atoms with Crippen LogP contribution < -0.4 is 10.6 Å². The molecule has 0 aromatic carbocycles. The van der Waals surface area contributed by atoms with E-state index in [9.17, 15) is 4.79 Å². The number of rotatable bonds is 5. The lowest BCUT2D eigenvalue weighted by Gasteiger charge is -2.19. The van der Waals surface area contributed by atoms with Crippen molar-refractivity contribution in [3.63, 3.8) is 0 Å². The number of amides is 1. The maximum atomic E-state index is 11.9. The molecule has 2 N–H and O–H groups in total. The van der Waals surface area contributed by atoms with Crippen LogP contribution in [0.25, 0.3) is 0 Å². The van der Waals surface area contributed by atoms with Gasteiger partial charge in [0.1, 0.15) is 0 Å². The molecule has 2 unspecified atom stereocenters. The maximum Gasteiger partial charge on any atom is 0.237 e. The van der Waals surface area contributed by atoms with Gasteiger partial charge < -0.3 is 10.6 Å². The number of carbonyl (C=O) groups is 1. The third kappa shape index (κ3) is 4.18. The molecular formula is C13H24N2OS. The van der Waals surface area contributed by atoms with Crippen molar-refractivity contribution >= 4 is 17.7 Å². The van der Waals surface area contributed by atoms with Crippen LogP contribution in [0.3, 0.4) is 0 Å². The summed E-state index contributed by atoms with van der Waals surface area (Å²) in [5.74, 6) is 1.47. The van der Waals surface area contributed by atoms with Crippen molar-refractivity contribution in [2.45, 2.75) is 62.8 Å². The highest BCUT2D eigenvalue weighted by Crippen LogP contribution is 2.25. The Morgan fingerprint density at radius 3 is 2.71 bits per heavy atom. The minimum Gasteiger partial charge on any atom is -0.352 e. The third-order valence-electron chi connectivity index (χ3n) is 3.77. The average Bonchev–Trinajstić information content (AvgIpc) is 2.98. The third-order valence-corrected chi connectivity index (χ3v) is 5.17. The number of carbonyl (C=O) groups excluding carboxylic acids is 1. The first-order valence-corrected chi connectivity index (χ1v) is 7.96. The fraction of sp³-hybridized carbons (Fsp3) is 0.923. The Morgan fingerprint density at radius 2 is 2.06 bits per heavy atom. The van der Waals surface area contributed by atoms with Crippen LogP contribution in [0.4, 0.5) is 0 Å². The lowest BCUT2D eigenvalue weighted by atomic mass is 10.2. The molecular weight excluding hydrogens is 232 g/mol. The standard InChI is InChI=1S/C13H24N2OS/c1-10(14-9-12-7-4-8-17-12)13(16)15-11-5-2-3-6-11/h10-12,14H,2-9H2,1H3,(H,15,16). The summed E-state index contributed by atoms with van der Waals surface area (Å²) < 4.78 is 0. The van der Waals surface area contributed by atoms with Crippen molar-refractivity contribution in [3.8, 4) is 0 Å². The van der Waals surface area contributed by atoms with E-state index in [0.717, 1.165) is 24.6 Å². The molecule has 2 aliphatic rings. The lowest BCUT2D eigenvalue weighted by Crippen LogP contribution is -2.46. The van der Waals surface area contributed by atoms with Crippen LogP contribution in [-0.2, 0) is 4.79 Å². The molecule has 1 aliphatic heterocycles. The summed E-state index contributed by atoms with van der Waals surface area (Å²) in [4.78, 5) is 11.9. The first-order valence-electron chi connectivity index (χ1n) is 6.91. The van der Waals surface area contributed by atoms with Crippen molar-refractivity contribution in [3.05, 3.63) is 0 Å². The van der Waals surface area contributed by atoms with Gasteiger partial charge in [-0.3, -0.25) is 4.79 Å². The number of nitrogens with one attached hydrogen (secondary N) is 2. The van der Waals surface area contributed by atoms with Crippen LogP contribution >= 0.6 is 11.8 Å². The summed E-state index contributed by atoms with van der Waals surface area (Å²) in [6.45, 7) is 2.95. The molecule has 0 radical (unpaired) electrons. The summed E-state index contributed by atoms with van der Waals surface area (Å²) in [5, 5.41) is 7.23. The molecule has 17 heavy (non-hydrogen) atoms. The van der Waals surface area contributed by atoms with Gasteiger partial charge in [0.2, 0.25) is 5.91 Å². The second kappa shape index (κ2) is 6.64. The monoisotopic (exact) mass is 256 g/mol. The molecule has 2 atom stereocenters. The molecule has 1 aliphatic carbocycles. The van der Waals surface area contributed by atoms with Crippen molar-refractivity contribution in [2.24, 2.45) is 0 Å². The van der Waals surface area contributed by atoms with E-state index in [4.69, 9.17) is 0 Å². The number of thioether (sulfide) groups is 1. The van der Waals surface area contributed by atoms with E-state index in [2.05, 4.69) is 10.6 Å². The number of hydrogen-bond donors (Lipinski definition) is 2. The highest BCUT2D eigenvalue weighted by molar-refractivity contribution is 8.00. The van der Waals surface area contributed by atoms with Gasteiger partial charge in [-0.1, -0.05) is 12.8 Å². The van der Waals surface area contributed by atoms with Crippen LogP contribution in [-0.4, -0.2) is 35.5 Å². The normalized spacial score (nSPS) is 27.2. The molecule has 2 fully saturated rings. The van der Waals surface area contributed by atoms with Crippen LogP contribution in [0.15, 0.2) is 0 Å². The van der Waals surface area contributed by atoms with Gasteiger partial charge in [-0.15, -0.1) is 0 Å². The van der Waals surface area contributed by atoms with Crippen molar-refractivity contribution in [1.29, 1.82) is 0 Å². The number of hydrogen-bond acceptors (Lipinski definition) is 3. The molecule has 1 saturated carbocycles. The van der Waals surface area contributed by atoms with Crippen molar-refractivity contribution in [2.75, 3.05) is 12.3 Å². The molecule has 1 heterocycles. The minimum atomic E-state index is -0.0446. The van der Waals surface area contributed by atoms with Gasteiger partial charge in [0, 0.05) is 17.8 Å². The largest absolute Gasteiger partial charge is 0.352 e. The van der Waals surface area contributed by atoms with Gasteiger partial charge in [0.25, 0.3) is 0 Å². The topological polar surface area (TPSA) is 41.1 Å². The van der Waals surface area contributed by atoms with Crippen LogP contribution in [0.1, 0.15) is 45.4 Å². The molecule has 0 aromatic rings. The van der Waals surface area contributed by atoms with Crippen molar-refractivity contribution < 1.29 is 4.79 Å². The van der Waals surface area contributed by atoms with E-state index in [0.29, 0.717) is 6.04 Å². The molecule has 0 bridgehead atoms. The zero-order chi connectivity index (χ0) is 12.1. The fourth-order valence-corrected chi connectivity index (χ4v) is 3.82. The Morgan fingerprint density at radius 1 is 1.29 bits per heavy atom. The summed E-state index contributed by atoms with van der Waals surface area (Å²) in [5.41, 5.74) is 0. The average molecular weight is 256 g/mol. The molecule has 3 nitrogen and oxygen atoms in total. The van der Waals surface area contributed by atoms with E-state index >= 15 is 0 Å². The summed E-state index contributed by atoms with van der Waals surface area (Å²) in [6.07, 6.45) is 7.50. The first kappa shape index (κ1) is 13.2.